The Morgan fingerprint density at radius 2 is 2.24 bits per heavy atom. The van der Waals surface area contributed by atoms with Crippen molar-refractivity contribution < 1.29 is 4.52 Å². The van der Waals surface area contributed by atoms with Gasteiger partial charge in [-0.2, -0.15) is 5.10 Å². The molecule has 0 saturated carbocycles. The minimum Gasteiger partial charge on any atom is -0.214 e. The van der Waals surface area contributed by atoms with Crippen molar-refractivity contribution in [1.82, 2.24) is 19.7 Å². The molecule has 0 amide bonds. The van der Waals surface area contributed by atoms with Crippen molar-refractivity contribution in [3.8, 4) is 10.4 Å². The number of aromatic amines is 1. The quantitative estimate of drug-likeness (QED) is 0.514. The van der Waals surface area contributed by atoms with E-state index in [1.807, 2.05) is 15.3 Å². The molecule has 0 aliphatic carbocycles. The Morgan fingerprint density at radius 3 is 3.12 bits per heavy atom. The zero-order chi connectivity index (χ0) is 11.2. The normalized spacial score (nSPS) is 11.5. The van der Waals surface area contributed by atoms with E-state index in [9.17, 15) is 0 Å². The lowest BCUT2D eigenvalue weighted by Crippen LogP contribution is -2.24. The molecule has 4 aromatic heterocycles. The number of thiophene rings is 1. The molecule has 5 nitrogen and oxygen atoms in total. The predicted molar refractivity (Wildman–Crippen MR) is 63.8 cm³/mol. The number of nitrogens with one attached hydrogen (secondary N) is 1. The molecule has 4 heterocycles. The second-order valence-electron chi connectivity index (χ2n) is 3.72. The molecule has 6 heteroatoms. The van der Waals surface area contributed by atoms with Crippen LogP contribution in [0.5, 0.6) is 0 Å². The van der Waals surface area contributed by atoms with E-state index in [1.165, 1.54) is 10.4 Å². The van der Waals surface area contributed by atoms with Gasteiger partial charge in [0.2, 0.25) is 0 Å². The first-order valence-electron chi connectivity index (χ1n) is 5.18. The highest BCUT2D eigenvalue weighted by Gasteiger charge is 2.15. The summed E-state index contributed by atoms with van der Waals surface area (Å²) in [6.07, 6.45) is 7.47. The smallest absolute Gasteiger partial charge is 0.214 e. The lowest BCUT2D eigenvalue weighted by Gasteiger charge is -1.84. The Kier molecular flexibility index (Phi) is 1.64. The first-order valence-corrected chi connectivity index (χ1v) is 6.06. The number of nitrogens with zero attached hydrogens (tertiary/aromatic N) is 4. The zero-order valence-corrected chi connectivity index (χ0v) is 9.56. The zero-order valence-electron chi connectivity index (χ0n) is 8.74. The lowest BCUT2D eigenvalue weighted by molar-refractivity contribution is -0.594. The van der Waals surface area contributed by atoms with Gasteiger partial charge in [-0.1, -0.05) is 10.7 Å². The number of hydrogen-bond donors (Lipinski definition) is 1. The van der Waals surface area contributed by atoms with Crippen molar-refractivity contribution in [3.63, 3.8) is 0 Å². The largest absolute Gasteiger partial charge is 0.346 e. The predicted octanol–water partition coefficient (Wildman–Crippen LogP) is 1.52. The molecule has 0 fully saturated rings. The van der Waals surface area contributed by atoms with Crippen LogP contribution in [-0.2, 0) is 0 Å². The maximum absolute atomic E-state index is 4.32. The van der Waals surface area contributed by atoms with Crippen LogP contribution in [0.4, 0.5) is 0 Å². The van der Waals surface area contributed by atoms with E-state index < -0.39 is 0 Å². The van der Waals surface area contributed by atoms with Crippen LogP contribution in [-0.4, -0.2) is 19.7 Å². The van der Waals surface area contributed by atoms with Crippen LogP contribution in [0.15, 0.2) is 42.3 Å². The average molecular weight is 242 g/mol. The molecule has 0 bridgehead atoms. The highest BCUT2D eigenvalue weighted by molar-refractivity contribution is 7.13. The molecule has 4 rings (SSSR count). The summed E-state index contributed by atoms with van der Waals surface area (Å²) >= 11 is 1.72. The van der Waals surface area contributed by atoms with Gasteiger partial charge < -0.3 is 0 Å². The van der Waals surface area contributed by atoms with E-state index in [0.717, 1.165) is 11.3 Å². The molecule has 0 saturated heterocycles. The summed E-state index contributed by atoms with van der Waals surface area (Å²) in [6.45, 7) is 0. The number of rotatable bonds is 1. The van der Waals surface area contributed by atoms with Crippen LogP contribution in [0, 0.1) is 0 Å². The van der Waals surface area contributed by atoms with Gasteiger partial charge in [-0.05, 0) is 11.4 Å². The van der Waals surface area contributed by atoms with Crippen molar-refractivity contribution in [2.24, 2.45) is 0 Å². The summed E-state index contributed by atoms with van der Waals surface area (Å²) in [7, 11) is 0. The highest BCUT2D eigenvalue weighted by atomic mass is 32.1. The summed E-state index contributed by atoms with van der Waals surface area (Å²) in [5, 5.41) is 5.24. The maximum atomic E-state index is 4.32. The molecule has 0 unspecified atom stereocenters. The van der Waals surface area contributed by atoms with Gasteiger partial charge in [-0.3, -0.25) is 0 Å². The third-order valence-corrected chi connectivity index (χ3v) is 3.60. The fourth-order valence-electron chi connectivity index (χ4n) is 1.93. The Morgan fingerprint density at radius 1 is 1.29 bits per heavy atom. The Bertz CT molecular complexity index is 796. The van der Waals surface area contributed by atoms with Crippen molar-refractivity contribution in [2.45, 2.75) is 0 Å². The molecule has 0 radical (unpaired) electrons. The van der Waals surface area contributed by atoms with Crippen molar-refractivity contribution >= 4 is 22.6 Å². The van der Waals surface area contributed by atoms with Crippen molar-refractivity contribution in [1.29, 1.82) is 0 Å². The van der Waals surface area contributed by atoms with Gasteiger partial charge in [0.1, 0.15) is 12.4 Å². The molecule has 1 N–H and O–H groups in total. The van der Waals surface area contributed by atoms with Gasteiger partial charge >= 0.3 is 5.65 Å². The van der Waals surface area contributed by atoms with E-state index in [1.54, 1.807) is 23.7 Å². The summed E-state index contributed by atoms with van der Waals surface area (Å²) in [4.78, 5) is 9.78. The van der Waals surface area contributed by atoms with Crippen LogP contribution >= 0.6 is 11.3 Å². The molecule has 17 heavy (non-hydrogen) atoms. The van der Waals surface area contributed by atoms with Gasteiger partial charge in [-0.25, -0.2) is 4.98 Å². The van der Waals surface area contributed by atoms with Crippen LogP contribution in [0.2, 0.25) is 0 Å². The van der Waals surface area contributed by atoms with Crippen LogP contribution in [0.1, 0.15) is 0 Å². The van der Waals surface area contributed by atoms with E-state index >= 15 is 0 Å². The molecule has 0 aliphatic rings. The van der Waals surface area contributed by atoms with Crippen LogP contribution in [0.3, 0.4) is 0 Å². The molecule has 4 aromatic rings. The van der Waals surface area contributed by atoms with E-state index in [-0.39, 0.29) is 0 Å². The Labute approximate surface area is 100.0 Å². The standard InChI is InChI=1S/C11H8N5S/c1-2-9(17-5-1)8-6-15-11-10(12-3-4-13-11)14-16(15)7-8/h1-7H,(H,12,14)/q+1. The molecule has 0 spiro atoms. The third-order valence-electron chi connectivity index (χ3n) is 2.68. The third kappa shape index (κ3) is 1.21. The second-order valence-corrected chi connectivity index (χ2v) is 4.67. The van der Waals surface area contributed by atoms with E-state index in [2.05, 4.69) is 38.8 Å². The number of aromatic nitrogens is 5. The summed E-state index contributed by atoms with van der Waals surface area (Å²) in [6, 6.07) is 4.16. The lowest BCUT2D eigenvalue weighted by atomic mass is 10.3. The van der Waals surface area contributed by atoms with E-state index in [4.69, 9.17) is 0 Å². The summed E-state index contributed by atoms with van der Waals surface area (Å²) in [5.41, 5.74) is 2.78. The fourth-order valence-corrected chi connectivity index (χ4v) is 2.63. The molecular weight excluding hydrogens is 234 g/mol. The Balaban J connectivity index is 2.05. The highest BCUT2D eigenvalue weighted by Crippen LogP contribution is 2.23. The molecular formula is C11H8N5S+. The van der Waals surface area contributed by atoms with Gasteiger partial charge in [0.15, 0.2) is 0 Å². The summed E-state index contributed by atoms with van der Waals surface area (Å²) < 4.78 is 3.84. The van der Waals surface area contributed by atoms with Crippen LogP contribution in [0.25, 0.3) is 21.7 Å². The van der Waals surface area contributed by atoms with E-state index in [0.29, 0.717) is 0 Å². The fraction of sp³-hybridized carbons (Fsp3) is 0. The summed E-state index contributed by atoms with van der Waals surface area (Å²) in [5.74, 6) is 0. The molecule has 0 aliphatic heterocycles. The number of fused-ring (bicyclic) bond motifs is 3. The second kappa shape index (κ2) is 3.14. The van der Waals surface area contributed by atoms with Gasteiger partial charge in [-0.15, -0.1) is 20.8 Å². The first kappa shape index (κ1) is 8.89. The minimum atomic E-state index is 0.783. The van der Waals surface area contributed by atoms with Crippen LogP contribution < -0.4 is 4.52 Å². The minimum absolute atomic E-state index is 0.783. The number of hydrogen-bond acceptors (Lipinski definition) is 3. The molecule has 0 atom stereocenters. The molecule has 0 aromatic carbocycles. The topological polar surface area (TPSA) is 50.1 Å². The number of H-pyrrole nitrogens is 1. The monoisotopic (exact) mass is 242 g/mol. The Hall–Kier alpha value is -2.21. The average Bonchev–Trinajstić information content (AvgIpc) is 3.03. The molecule has 82 valence electrons. The maximum Gasteiger partial charge on any atom is 0.346 e. The van der Waals surface area contributed by atoms with Gasteiger partial charge in [0.05, 0.1) is 12.4 Å². The first-order chi connectivity index (χ1) is 8.42. The van der Waals surface area contributed by atoms with Crippen molar-refractivity contribution in [3.05, 3.63) is 42.3 Å². The SMILES string of the molecule is c1csc(-c2cn3[nH]c4nccnc4[n+]3c2)c1. The van der Waals surface area contributed by atoms with Gasteiger partial charge in [0.25, 0.3) is 5.65 Å². The van der Waals surface area contributed by atoms with Crippen molar-refractivity contribution in [2.75, 3.05) is 0 Å². The van der Waals surface area contributed by atoms with Gasteiger partial charge in [0, 0.05) is 10.4 Å².